The highest BCUT2D eigenvalue weighted by Gasteiger charge is 2.71. The quantitative estimate of drug-likeness (QED) is 0.333. The van der Waals surface area contributed by atoms with Crippen LogP contribution in [0, 0.1) is 23.7 Å². The Morgan fingerprint density at radius 2 is 1.70 bits per heavy atom. The Kier molecular flexibility index (Phi) is 6.75. The van der Waals surface area contributed by atoms with Crippen LogP contribution in [-0.4, -0.2) is 49.1 Å². The number of hydrogen-bond acceptors (Lipinski definition) is 8. The molecule has 2 aliphatic heterocycles. The number of carbonyl (C=O) groups is 3. The maximum Gasteiger partial charge on any atom is 0.309 e. The van der Waals surface area contributed by atoms with E-state index < -0.39 is 24.0 Å². The molecule has 30 heavy (non-hydrogen) atoms. The van der Waals surface area contributed by atoms with Crippen molar-refractivity contribution in [2.75, 3.05) is 13.2 Å². The molecular weight excluding hydrogens is 392 g/mol. The SMILES string of the molecule is CC(=O)OCC1=COC(OC(=O)CC(C)C)C2C1CC(OC(=O)CC(C)C)C21CO1. The molecule has 5 atom stereocenters. The summed E-state index contributed by atoms with van der Waals surface area (Å²) in [4.78, 5) is 35.9. The van der Waals surface area contributed by atoms with E-state index in [-0.39, 0.29) is 48.6 Å². The summed E-state index contributed by atoms with van der Waals surface area (Å²) in [5.41, 5.74) is 0.0270. The van der Waals surface area contributed by atoms with Crippen LogP contribution in [0.5, 0.6) is 0 Å². The highest BCUT2D eigenvalue weighted by molar-refractivity contribution is 5.70. The lowest BCUT2D eigenvalue weighted by molar-refractivity contribution is -0.192. The number of hydrogen-bond donors (Lipinski definition) is 0. The molecule has 0 aromatic carbocycles. The van der Waals surface area contributed by atoms with E-state index >= 15 is 0 Å². The van der Waals surface area contributed by atoms with Crippen LogP contribution < -0.4 is 0 Å². The van der Waals surface area contributed by atoms with Gasteiger partial charge in [0.1, 0.15) is 18.3 Å². The van der Waals surface area contributed by atoms with Gasteiger partial charge in [-0.1, -0.05) is 27.7 Å². The minimum absolute atomic E-state index is 0.0753. The molecule has 168 valence electrons. The van der Waals surface area contributed by atoms with Gasteiger partial charge in [0.15, 0.2) is 0 Å². The molecule has 8 nitrogen and oxygen atoms in total. The molecule has 1 spiro atoms. The molecule has 0 bridgehead atoms. The van der Waals surface area contributed by atoms with E-state index in [0.29, 0.717) is 19.4 Å². The molecule has 0 amide bonds. The normalized spacial score (nSPS) is 31.8. The molecule has 1 saturated heterocycles. The maximum absolute atomic E-state index is 12.3. The minimum atomic E-state index is -0.835. The van der Waals surface area contributed by atoms with Gasteiger partial charge < -0.3 is 23.7 Å². The zero-order chi connectivity index (χ0) is 22.1. The maximum atomic E-state index is 12.3. The highest BCUT2D eigenvalue weighted by atomic mass is 16.7. The number of fused-ring (bicyclic) bond motifs is 2. The van der Waals surface area contributed by atoms with Gasteiger partial charge in [-0.3, -0.25) is 14.4 Å². The van der Waals surface area contributed by atoms with E-state index in [0.717, 1.165) is 5.57 Å². The van der Waals surface area contributed by atoms with E-state index in [1.807, 2.05) is 27.7 Å². The molecule has 1 aliphatic carbocycles. The van der Waals surface area contributed by atoms with Gasteiger partial charge in [-0.25, -0.2) is 0 Å². The third kappa shape index (κ3) is 4.96. The van der Waals surface area contributed by atoms with Crippen molar-refractivity contribution in [2.45, 2.75) is 71.9 Å². The Morgan fingerprint density at radius 1 is 1.10 bits per heavy atom. The van der Waals surface area contributed by atoms with Gasteiger partial charge in [-0.15, -0.1) is 0 Å². The topological polar surface area (TPSA) is 101 Å². The van der Waals surface area contributed by atoms with E-state index in [1.54, 1.807) is 0 Å². The van der Waals surface area contributed by atoms with Gasteiger partial charge in [-0.05, 0) is 18.3 Å². The van der Waals surface area contributed by atoms with Crippen molar-refractivity contribution in [1.29, 1.82) is 0 Å². The van der Waals surface area contributed by atoms with Gasteiger partial charge in [0.2, 0.25) is 6.29 Å². The van der Waals surface area contributed by atoms with Crippen molar-refractivity contribution < 1.29 is 38.1 Å². The van der Waals surface area contributed by atoms with Gasteiger partial charge in [0.05, 0.1) is 18.8 Å². The summed E-state index contributed by atoms with van der Waals surface area (Å²) in [6.07, 6.45) is 1.31. The number of ether oxygens (including phenoxy) is 5. The lowest BCUT2D eigenvalue weighted by atomic mass is 9.83. The summed E-state index contributed by atoms with van der Waals surface area (Å²) in [6.45, 7) is 9.60. The minimum Gasteiger partial charge on any atom is -0.462 e. The van der Waals surface area contributed by atoms with Crippen molar-refractivity contribution in [3.05, 3.63) is 11.8 Å². The largest absolute Gasteiger partial charge is 0.462 e. The average molecular weight is 424 g/mol. The first kappa shape index (κ1) is 22.6. The average Bonchev–Trinajstić information content (AvgIpc) is 3.33. The molecule has 3 aliphatic rings. The first-order valence-corrected chi connectivity index (χ1v) is 10.6. The van der Waals surface area contributed by atoms with Crippen LogP contribution in [0.15, 0.2) is 11.8 Å². The molecule has 8 heteroatoms. The van der Waals surface area contributed by atoms with Crippen LogP contribution in [-0.2, 0) is 38.1 Å². The Hall–Kier alpha value is -2.09. The second-order valence-electron chi connectivity index (χ2n) is 9.25. The van der Waals surface area contributed by atoms with E-state index in [4.69, 9.17) is 23.7 Å². The highest BCUT2D eigenvalue weighted by Crippen LogP contribution is 2.58. The lowest BCUT2D eigenvalue weighted by Crippen LogP contribution is -2.45. The van der Waals surface area contributed by atoms with Crippen LogP contribution in [0.25, 0.3) is 0 Å². The molecule has 5 unspecified atom stereocenters. The molecule has 2 fully saturated rings. The number of epoxide rings is 1. The summed E-state index contributed by atoms with van der Waals surface area (Å²) in [5, 5.41) is 0. The van der Waals surface area contributed by atoms with E-state index in [1.165, 1.54) is 13.2 Å². The van der Waals surface area contributed by atoms with Gasteiger partial charge in [0.25, 0.3) is 0 Å². The van der Waals surface area contributed by atoms with Crippen molar-refractivity contribution in [3.8, 4) is 0 Å². The molecular formula is C22H32O8. The smallest absolute Gasteiger partial charge is 0.309 e. The van der Waals surface area contributed by atoms with E-state index in [9.17, 15) is 14.4 Å². The molecule has 0 aromatic rings. The molecule has 0 radical (unpaired) electrons. The third-order valence-electron chi connectivity index (χ3n) is 5.72. The molecule has 1 saturated carbocycles. The predicted molar refractivity (Wildman–Crippen MR) is 105 cm³/mol. The predicted octanol–water partition coefficient (Wildman–Crippen LogP) is 2.74. The third-order valence-corrected chi connectivity index (χ3v) is 5.72. The summed E-state index contributed by atoms with van der Waals surface area (Å²) < 4.78 is 28.2. The van der Waals surface area contributed by atoms with Crippen LogP contribution in [0.2, 0.25) is 0 Å². The van der Waals surface area contributed by atoms with Crippen LogP contribution in [0.4, 0.5) is 0 Å². The molecule has 0 N–H and O–H groups in total. The van der Waals surface area contributed by atoms with Crippen molar-refractivity contribution in [1.82, 2.24) is 0 Å². The fourth-order valence-electron chi connectivity index (χ4n) is 4.35. The second kappa shape index (κ2) is 8.96. The molecule has 2 heterocycles. The first-order valence-electron chi connectivity index (χ1n) is 10.6. The van der Waals surface area contributed by atoms with Crippen LogP contribution in [0.3, 0.4) is 0 Å². The summed E-state index contributed by atoms with van der Waals surface area (Å²) in [7, 11) is 0. The van der Waals surface area contributed by atoms with E-state index in [2.05, 4.69) is 0 Å². The number of carbonyl (C=O) groups excluding carboxylic acids is 3. The first-order chi connectivity index (χ1) is 14.1. The van der Waals surface area contributed by atoms with Crippen molar-refractivity contribution >= 4 is 17.9 Å². The Balaban J connectivity index is 1.80. The zero-order valence-corrected chi connectivity index (χ0v) is 18.3. The Bertz CT molecular complexity index is 706. The van der Waals surface area contributed by atoms with Crippen LogP contribution >= 0.6 is 0 Å². The molecule has 3 rings (SSSR count). The summed E-state index contributed by atoms with van der Waals surface area (Å²) in [5.74, 6) is -1.15. The second-order valence-corrected chi connectivity index (χ2v) is 9.25. The fraction of sp³-hybridized carbons (Fsp3) is 0.773. The number of rotatable bonds is 8. The monoisotopic (exact) mass is 424 g/mol. The van der Waals surface area contributed by atoms with Crippen molar-refractivity contribution in [3.63, 3.8) is 0 Å². The number of esters is 3. The Morgan fingerprint density at radius 3 is 2.23 bits per heavy atom. The summed E-state index contributed by atoms with van der Waals surface area (Å²) >= 11 is 0. The van der Waals surface area contributed by atoms with Crippen LogP contribution in [0.1, 0.15) is 53.9 Å². The van der Waals surface area contributed by atoms with Gasteiger partial charge in [0, 0.05) is 31.3 Å². The van der Waals surface area contributed by atoms with Gasteiger partial charge >= 0.3 is 17.9 Å². The fourth-order valence-corrected chi connectivity index (χ4v) is 4.35. The standard InChI is InChI=1S/C22H32O8/c1-12(2)6-18(24)29-17-8-16-15(9-26-14(5)23)10-27-21(20(16)22(17)11-28-22)30-19(25)7-13(3)4/h10,12-13,16-17,20-21H,6-9,11H2,1-5H3. The summed E-state index contributed by atoms with van der Waals surface area (Å²) in [6, 6.07) is 0. The van der Waals surface area contributed by atoms with Crippen molar-refractivity contribution in [2.24, 2.45) is 23.7 Å². The van der Waals surface area contributed by atoms with Gasteiger partial charge in [-0.2, -0.15) is 0 Å². The molecule has 0 aromatic heterocycles. The zero-order valence-electron chi connectivity index (χ0n) is 18.3. The lowest BCUT2D eigenvalue weighted by Gasteiger charge is -2.35. The Labute approximate surface area is 177 Å².